The van der Waals surface area contributed by atoms with Crippen molar-refractivity contribution >= 4 is 15.7 Å². The molecule has 8 heteroatoms. The summed E-state index contributed by atoms with van der Waals surface area (Å²) in [4.78, 5) is 2.48. The van der Waals surface area contributed by atoms with Crippen LogP contribution in [0.3, 0.4) is 0 Å². The molecule has 7 nitrogen and oxygen atoms in total. The molecular weight excluding hydrogens is 328 g/mol. The summed E-state index contributed by atoms with van der Waals surface area (Å²) in [6.45, 7) is 4.01. The Labute approximate surface area is 142 Å². The molecule has 0 spiro atoms. The average molecular weight is 350 g/mol. The molecule has 0 unspecified atom stereocenters. The second kappa shape index (κ2) is 6.45. The smallest absolute Gasteiger partial charge is 0.246 e. The summed E-state index contributed by atoms with van der Waals surface area (Å²) in [5.74, 6) is 0.812. The Morgan fingerprint density at radius 3 is 2.21 bits per heavy atom. The Morgan fingerprint density at radius 2 is 1.71 bits per heavy atom. The van der Waals surface area contributed by atoms with Crippen LogP contribution >= 0.6 is 0 Å². The van der Waals surface area contributed by atoms with Crippen LogP contribution in [-0.4, -0.2) is 55.8 Å². The molecule has 2 heterocycles. The van der Waals surface area contributed by atoms with E-state index in [-0.39, 0.29) is 0 Å². The van der Waals surface area contributed by atoms with Gasteiger partial charge in [-0.2, -0.15) is 9.40 Å². The molecule has 1 aromatic heterocycles. The summed E-state index contributed by atoms with van der Waals surface area (Å²) >= 11 is 0. The Balaban J connectivity index is 1.71. The van der Waals surface area contributed by atoms with Crippen LogP contribution in [0.25, 0.3) is 0 Å². The standard InChI is InChI=1S/C16H22N4O3S/c1-13-16(12-17-18(13)2)24(21,22)20-10-8-19(9-11-20)14-4-6-15(23-3)7-5-14/h4-7,12H,8-11H2,1-3H3. The minimum Gasteiger partial charge on any atom is -0.497 e. The minimum absolute atomic E-state index is 0.294. The maximum Gasteiger partial charge on any atom is 0.246 e. The summed E-state index contributed by atoms with van der Waals surface area (Å²) in [5, 5.41) is 4.04. The maximum atomic E-state index is 12.8. The number of methoxy groups -OCH3 is 1. The second-order valence-electron chi connectivity index (χ2n) is 5.81. The molecule has 0 radical (unpaired) electrons. The third-order valence-electron chi connectivity index (χ3n) is 4.48. The van der Waals surface area contributed by atoms with Crippen molar-refractivity contribution in [1.82, 2.24) is 14.1 Å². The summed E-state index contributed by atoms with van der Waals surface area (Å²) in [6.07, 6.45) is 1.43. The first-order valence-corrected chi connectivity index (χ1v) is 9.25. The number of rotatable bonds is 4. The first-order chi connectivity index (χ1) is 11.4. The van der Waals surface area contributed by atoms with E-state index in [4.69, 9.17) is 4.74 Å². The minimum atomic E-state index is -3.48. The van der Waals surface area contributed by atoms with Crippen LogP contribution < -0.4 is 9.64 Å². The van der Waals surface area contributed by atoms with Gasteiger partial charge in [-0.1, -0.05) is 0 Å². The first-order valence-electron chi connectivity index (χ1n) is 7.81. The van der Waals surface area contributed by atoms with E-state index >= 15 is 0 Å². The highest BCUT2D eigenvalue weighted by molar-refractivity contribution is 7.89. The highest BCUT2D eigenvalue weighted by Crippen LogP contribution is 2.24. The molecule has 130 valence electrons. The number of anilines is 1. The number of aromatic nitrogens is 2. The van der Waals surface area contributed by atoms with Gasteiger partial charge in [0.05, 0.1) is 19.0 Å². The van der Waals surface area contributed by atoms with Crippen molar-refractivity contribution in [2.75, 3.05) is 38.2 Å². The quantitative estimate of drug-likeness (QED) is 0.830. The van der Waals surface area contributed by atoms with Gasteiger partial charge in [0.15, 0.2) is 0 Å². The molecule has 0 aliphatic carbocycles. The molecule has 0 bridgehead atoms. The van der Waals surface area contributed by atoms with Gasteiger partial charge in [-0.3, -0.25) is 4.68 Å². The SMILES string of the molecule is COc1ccc(N2CCN(S(=O)(=O)c3cnn(C)c3C)CC2)cc1. The zero-order valence-corrected chi connectivity index (χ0v) is 15.0. The van der Waals surface area contributed by atoms with Crippen LogP contribution in [0.2, 0.25) is 0 Å². The lowest BCUT2D eigenvalue weighted by Gasteiger charge is -2.35. The van der Waals surface area contributed by atoms with Crippen molar-refractivity contribution in [1.29, 1.82) is 0 Å². The third kappa shape index (κ3) is 2.99. The van der Waals surface area contributed by atoms with Crippen LogP contribution in [0.4, 0.5) is 5.69 Å². The third-order valence-corrected chi connectivity index (χ3v) is 6.49. The lowest BCUT2D eigenvalue weighted by atomic mass is 10.2. The van der Waals surface area contributed by atoms with Gasteiger partial charge in [-0.05, 0) is 31.2 Å². The van der Waals surface area contributed by atoms with E-state index in [1.165, 1.54) is 10.5 Å². The molecular formula is C16H22N4O3S. The number of ether oxygens (including phenoxy) is 1. The van der Waals surface area contributed by atoms with Crippen LogP contribution in [-0.2, 0) is 17.1 Å². The summed E-state index contributed by atoms with van der Waals surface area (Å²) in [5.41, 5.74) is 1.73. The van der Waals surface area contributed by atoms with Crippen molar-refractivity contribution in [3.63, 3.8) is 0 Å². The molecule has 24 heavy (non-hydrogen) atoms. The lowest BCUT2D eigenvalue weighted by Crippen LogP contribution is -2.48. The Hall–Kier alpha value is -2.06. The number of sulfonamides is 1. The number of piperazine rings is 1. The zero-order chi connectivity index (χ0) is 17.3. The number of aryl methyl sites for hydroxylation is 1. The Bertz CT molecular complexity index is 806. The van der Waals surface area contributed by atoms with Crippen molar-refractivity contribution in [3.05, 3.63) is 36.2 Å². The van der Waals surface area contributed by atoms with Crippen molar-refractivity contribution < 1.29 is 13.2 Å². The van der Waals surface area contributed by atoms with Crippen molar-refractivity contribution in [3.8, 4) is 5.75 Å². The topological polar surface area (TPSA) is 67.7 Å². The predicted octanol–water partition coefficient (Wildman–Crippen LogP) is 1.25. The van der Waals surface area contributed by atoms with Crippen molar-refractivity contribution in [2.24, 2.45) is 7.05 Å². The molecule has 1 aliphatic heterocycles. The van der Waals surface area contributed by atoms with Gasteiger partial charge in [0.25, 0.3) is 0 Å². The summed E-state index contributed by atoms with van der Waals surface area (Å²) in [6, 6.07) is 7.82. The van der Waals surface area contributed by atoms with Gasteiger partial charge in [-0.25, -0.2) is 8.42 Å². The Morgan fingerprint density at radius 1 is 1.08 bits per heavy atom. The van der Waals surface area contributed by atoms with Gasteiger partial charge in [0.2, 0.25) is 10.0 Å². The number of benzene rings is 1. The van der Waals surface area contributed by atoms with E-state index in [2.05, 4.69) is 10.00 Å². The summed E-state index contributed by atoms with van der Waals surface area (Å²) < 4.78 is 33.9. The van der Waals surface area contributed by atoms with E-state index in [0.717, 1.165) is 11.4 Å². The normalized spacial score (nSPS) is 16.4. The van der Waals surface area contributed by atoms with E-state index in [9.17, 15) is 8.42 Å². The predicted molar refractivity (Wildman–Crippen MR) is 91.9 cm³/mol. The fraction of sp³-hybridized carbons (Fsp3) is 0.438. The molecule has 3 rings (SSSR count). The zero-order valence-electron chi connectivity index (χ0n) is 14.1. The second-order valence-corrected chi connectivity index (χ2v) is 7.71. The maximum absolute atomic E-state index is 12.8. The van der Waals surface area contributed by atoms with E-state index in [1.54, 1.807) is 25.8 Å². The molecule has 0 N–H and O–H groups in total. The van der Waals surface area contributed by atoms with Gasteiger partial charge < -0.3 is 9.64 Å². The largest absolute Gasteiger partial charge is 0.497 e. The lowest BCUT2D eigenvalue weighted by molar-refractivity contribution is 0.384. The average Bonchev–Trinajstić information content (AvgIpc) is 2.95. The number of hydrogen-bond acceptors (Lipinski definition) is 5. The first kappa shape index (κ1) is 16.8. The number of hydrogen-bond donors (Lipinski definition) is 0. The molecule has 1 aromatic carbocycles. The molecule has 1 saturated heterocycles. The fourth-order valence-corrected chi connectivity index (χ4v) is 4.46. The van der Waals surface area contributed by atoms with Crippen LogP contribution in [0, 0.1) is 6.92 Å². The number of nitrogens with zero attached hydrogens (tertiary/aromatic N) is 4. The molecule has 0 amide bonds. The fourth-order valence-electron chi connectivity index (χ4n) is 2.85. The van der Waals surface area contributed by atoms with E-state index in [0.29, 0.717) is 36.8 Å². The molecule has 0 saturated carbocycles. The molecule has 0 atom stereocenters. The van der Waals surface area contributed by atoms with Gasteiger partial charge in [0.1, 0.15) is 10.6 Å². The molecule has 1 aliphatic rings. The van der Waals surface area contributed by atoms with Gasteiger partial charge in [0, 0.05) is 38.9 Å². The molecule has 1 fully saturated rings. The molecule has 2 aromatic rings. The van der Waals surface area contributed by atoms with Crippen LogP contribution in [0.5, 0.6) is 5.75 Å². The van der Waals surface area contributed by atoms with Crippen LogP contribution in [0.15, 0.2) is 35.4 Å². The van der Waals surface area contributed by atoms with E-state index in [1.807, 2.05) is 24.3 Å². The van der Waals surface area contributed by atoms with E-state index < -0.39 is 10.0 Å². The highest BCUT2D eigenvalue weighted by Gasteiger charge is 2.31. The summed E-state index contributed by atoms with van der Waals surface area (Å²) in [7, 11) is -0.101. The van der Waals surface area contributed by atoms with Crippen molar-refractivity contribution in [2.45, 2.75) is 11.8 Å². The van der Waals surface area contributed by atoms with Crippen LogP contribution in [0.1, 0.15) is 5.69 Å². The van der Waals surface area contributed by atoms with Gasteiger partial charge >= 0.3 is 0 Å². The van der Waals surface area contributed by atoms with Gasteiger partial charge in [-0.15, -0.1) is 0 Å². The monoisotopic (exact) mass is 350 g/mol. The Kier molecular flexibility index (Phi) is 4.51. The highest BCUT2D eigenvalue weighted by atomic mass is 32.2.